The molecule has 3 heteroatoms. The van der Waals surface area contributed by atoms with Gasteiger partial charge in [0.05, 0.1) is 18.0 Å². The molecule has 1 aromatic rings. The lowest BCUT2D eigenvalue weighted by molar-refractivity contribution is 0.276. The van der Waals surface area contributed by atoms with E-state index in [1.165, 1.54) is 12.8 Å². The number of hydrogen-bond acceptors (Lipinski definition) is 2. The van der Waals surface area contributed by atoms with Gasteiger partial charge in [0.2, 0.25) is 0 Å². The molecule has 1 saturated carbocycles. The second-order valence-electron chi connectivity index (χ2n) is 2.64. The standard InChI is InChI=1S/C7H9N2O/c10-4-6-3-7(9-8-6)5-1-2-5/h5,10H,1-2,4H2,(H,8,9). The van der Waals surface area contributed by atoms with Gasteiger partial charge in [-0.15, -0.1) is 0 Å². The molecule has 1 aromatic heterocycles. The molecule has 0 unspecified atom stereocenters. The number of aliphatic hydroxyl groups is 1. The largest absolute Gasteiger partial charge is 0.390 e. The third-order valence-electron chi connectivity index (χ3n) is 1.71. The minimum absolute atomic E-state index is 0.0136. The van der Waals surface area contributed by atoms with E-state index in [1.807, 2.05) is 0 Å². The van der Waals surface area contributed by atoms with Gasteiger partial charge in [-0.25, -0.2) is 0 Å². The van der Waals surface area contributed by atoms with Gasteiger partial charge in [-0.3, -0.25) is 5.10 Å². The Kier molecular flexibility index (Phi) is 1.24. The molecule has 0 spiro atoms. The van der Waals surface area contributed by atoms with E-state index in [1.54, 1.807) is 0 Å². The Hall–Kier alpha value is -0.830. The van der Waals surface area contributed by atoms with Crippen molar-refractivity contribution in [3.05, 3.63) is 17.5 Å². The molecular weight excluding hydrogens is 128 g/mol. The zero-order valence-electron chi connectivity index (χ0n) is 5.59. The third kappa shape index (κ3) is 0.926. The van der Waals surface area contributed by atoms with Gasteiger partial charge in [0, 0.05) is 12.0 Å². The van der Waals surface area contributed by atoms with Gasteiger partial charge in [-0.2, -0.15) is 5.10 Å². The van der Waals surface area contributed by atoms with Crippen LogP contribution < -0.4 is 0 Å². The van der Waals surface area contributed by atoms with Crippen molar-refractivity contribution in [1.82, 2.24) is 10.2 Å². The Morgan fingerprint density at radius 1 is 1.70 bits per heavy atom. The topological polar surface area (TPSA) is 48.9 Å². The molecule has 1 aliphatic carbocycles. The van der Waals surface area contributed by atoms with Crippen LogP contribution in [0, 0.1) is 6.07 Å². The highest BCUT2D eigenvalue weighted by Crippen LogP contribution is 2.38. The number of rotatable bonds is 2. The zero-order chi connectivity index (χ0) is 6.97. The van der Waals surface area contributed by atoms with Crippen molar-refractivity contribution in [3.63, 3.8) is 0 Å². The Bertz CT molecular complexity index is 227. The van der Waals surface area contributed by atoms with Crippen molar-refractivity contribution < 1.29 is 5.11 Å². The number of hydrogen-bond donors (Lipinski definition) is 2. The Labute approximate surface area is 59.1 Å². The monoisotopic (exact) mass is 137 g/mol. The maximum atomic E-state index is 8.65. The van der Waals surface area contributed by atoms with E-state index < -0.39 is 0 Å². The van der Waals surface area contributed by atoms with Crippen LogP contribution in [0.15, 0.2) is 0 Å². The normalized spacial score (nSPS) is 17.7. The molecule has 1 aliphatic rings. The van der Waals surface area contributed by atoms with E-state index in [2.05, 4.69) is 16.3 Å². The maximum Gasteiger partial charge on any atom is 0.0853 e. The molecule has 2 N–H and O–H groups in total. The summed E-state index contributed by atoms with van der Waals surface area (Å²) in [5.74, 6) is 0.622. The molecule has 0 saturated heterocycles. The second-order valence-corrected chi connectivity index (χ2v) is 2.64. The highest BCUT2D eigenvalue weighted by molar-refractivity contribution is 5.14. The Morgan fingerprint density at radius 3 is 3.00 bits per heavy atom. The Balaban J connectivity index is 2.19. The van der Waals surface area contributed by atoms with E-state index >= 15 is 0 Å². The summed E-state index contributed by atoms with van der Waals surface area (Å²) in [5.41, 5.74) is 1.69. The van der Waals surface area contributed by atoms with Gasteiger partial charge < -0.3 is 5.11 Å². The fraction of sp³-hybridized carbons (Fsp3) is 0.571. The van der Waals surface area contributed by atoms with Crippen LogP contribution in [0.2, 0.25) is 0 Å². The fourth-order valence-corrected chi connectivity index (χ4v) is 0.963. The molecule has 1 heterocycles. The van der Waals surface area contributed by atoms with Gasteiger partial charge in [-0.1, -0.05) is 0 Å². The first-order valence-electron chi connectivity index (χ1n) is 3.47. The molecule has 0 aromatic carbocycles. The molecule has 10 heavy (non-hydrogen) atoms. The van der Waals surface area contributed by atoms with Crippen LogP contribution in [0.3, 0.4) is 0 Å². The van der Waals surface area contributed by atoms with Crippen molar-refractivity contribution in [1.29, 1.82) is 0 Å². The smallest absolute Gasteiger partial charge is 0.0853 e. The average molecular weight is 137 g/mol. The highest BCUT2D eigenvalue weighted by atomic mass is 16.3. The van der Waals surface area contributed by atoms with Gasteiger partial charge in [-0.05, 0) is 12.8 Å². The molecule has 0 amide bonds. The molecular formula is C7H9N2O. The molecule has 53 valence electrons. The molecule has 3 nitrogen and oxygen atoms in total. The minimum atomic E-state index is 0.0136. The van der Waals surface area contributed by atoms with E-state index in [-0.39, 0.29) is 6.61 Å². The summed E-state index contributed by atoms with van der Waals surface area (Å²) >= 11 is 0. The van der Waals surface area contributed by atoms with Crippen LogP contribution in [-0.2, 0) is 6.61 Å². The lowest BCUT2D eigenvalue weighted by Crippen LogP contribution is -1.80. The van der Waals surface area contributed by atoms with Crippen LogP contribution >= 0.6 is 0 Å². The van der Waals surface area contributed by atoms with Crippen molar-refractivity contribution in [3.8, 4) is 0 Å². The summed E-state index contributed by atoms with van der Waals surface area (Å²) in [4.78, 5) is 0. The van der Waals surface area contributed by atoms with Crippen LogP contribution in [-0.4, -0.2) is 15.3 Å². The summed E-state index contributed by atoms with van der Waals surface area (Å²) in [7, 11) is 0. The average Bonchev–Trinajstić information content (AvgIpc) is 2.70. The lowest BCUT2D eigenvalue weighted by Gasteiger charge is -1.81. The second kappa shape index (κ2) is 2.09. The van der Waals surface area contributed by atoms with Crippen LogP contribution in [0.1, 0.15) is 30.1 Å². The van der Waals surface area contributed by atoms with Gasteiger partial charge in [0.15, 0.2) is 0 Å². The predicted molar refractivity (Wildman–Crippen MR) is 35.3 cm³/mol. The van der Waals surface area contributed by atoms with Crippen LogP contribution in [0.4, 0.5) is 0 Å². The van der Waals surface area contributed by atoms with Crippen molar-refractivity contribution in [2.24, 2.45) is 0 Å². The number of nitrogens with zero attached hydrogens (tertiary/aromatic N) is 1. The summed E-state index contributed by atoms with van der Waals surface area (Å²) in [5, 5.41) is 15.4. The lowest BCUT2D eigenvalue weighted by atomic mass is 10.3. The van der Waals surface area contributed by atoms with Gasteiger partial charge in [0.1, 0.15) is 0 Å². The molecule has 2 rings (SSSR count). The minimum Gasteiger partial charge on any atom is -0.390 e. The van der Waals surface area contributed by atoms with Crippen molar-refractivity contribution in [2.75, 3.05) is 0 Å². The van der Waals surface area contributed by atoms with Crippen LogP contribution in [0.25, 0.3) is 0 Å². The van der Waals surface area contributed by atoms with Gasteiger partial charge >= 0.3 is 0 Å². The maximum absolute atomic E-state index is 8.65. The molecule has 1 radical (unpaired) electrons. The molecule has 0 aliphatic heterocycles. The van der Waals surface area contributed by atoms with E-state index in [4.69, 9.17) is 5.11 Å². The molecule has 1 fully saturated rings. The van der Waals surface area contributed by atoms with Gasteiger partial charge in [0.25, 0.3) is 0 Å². The first-order valence-corrected chi connectivity index (χ1v) is 3.47. The number of aliphatic hydroxyl groups excluding tert-OH is 1. The molecule has 0 bridgehead atoms. The fourth-order valence-electron chi connectivity index (χ4n) is 0.963. The predicted octanol–water partition coefficient (Wildman–Crippen LogP) is 0.580. The van der Waals surface area contributed by atoms with Crippen LogP contribution in [0.5, 0.6) is 0 Å². The first kappa shape index (κ1) is 5.92. The summed E-state index contributed by atoms with van der Waals surface area (Å²) in [6.45, 7) is 0.0136. The number of H-pyrrole nitrogens is 1. The number of aromatic amines is 1. The summed E-state index contributed by atoms with van der Waals surface area (Å²) in [6.07, 6.45) is 2.46. The van der Waals surface area contributed by atoms with E-state index in [0.717, 1.165) is 5.69 Å². The third-order valence-corrected chi connectivity index (χ3v) is 1.71. The SMILES string of the molecule is OCc1[c]c(C2CC2)n[nH]1. The molecule has 0 atom stereocenters. The highest BCUT2D eigenvalue weighted by Gasteiger charge is 2.26. The quantitative estimate of drug-likeness (QED) is 0.626. The van der Waals surface area contributed by atoms with E-state index in [0.29, 0.717) is 11.6 Å². The van der Waals surface area contributed by atoms with Crippen molar-refractivity contribution in [2.45, 2.75) is 25.4 Å². The Morgan fingerprint density at radius 2 is 2.50 bits per heavy atom. The summed E-state index contributed by atoms with van der Waals surface area (Å²) in [6, 6.07) is 3.01. The zero-order valence-corrected chi connectivity index (χ0v) is 5.59. The first-order chi connectivity index (χ1) is 4.90. The van der Waals surface area contributed by atoms with E-state index in [9.17, 15) is 0 Å². The van der Waals surface area contributed by atoms with Crippen molar-refractivity contribution >= 4 is 0 Å². The summed E-state index contributed by atoms with van der Waals surface area (Å²) < 4.78 is 0. The number of nitrogens with one attached hydrogen (secondary N) is 1. The number of aromatic nitrogens is 2.